The number of carbonyl (C=O) groups is 2. The first kappa shape index (κ1) is 13.8. The Bertz CT molecular complexity index is 446. The molecule has 1 rings (SSSR count). The summed E-state index contributed by atoms with van der Waals surface area (Å²) in [5.74, 6) is -1.11. The molecule has 0 fully saturated rings. The van der Waals surface area contributed by atoms with Crippen LogP contribution in [0, 0.1) is 0 Å². The van der Waals surface area contributed by atoms with Gasteiger partial charge in [0.15, 0.2) is 0 Å². The van der Waals surface area contributed by atoms with Crippen molar-refractivity contribution >= 4 is 23.3 Å². The van der Waals surface area contributed by atoms with E-state index in [4.69, 9.17) is 10.8 Å². The van der Waals surface area contributed by atoms with Crippen molar-refractivity contribution in [3.05, 3.63) is 23.8 Å². The van der Waals surface area contributed by atoms with Crippen molar-refractivity contribution < 1.29 is 14.7 Å². The van der Waals surface area contributed by atoms with Crippen LogP contribution >= 0.6 is 0 Å². The second kappa shape index (κ2) is 6.48. The van der Waals surface area contributed by atoms with Gasteiger partial charge in [-0.05, 0) is 25.1 Å². The fourth-order valence-corrected chi connectivity index (χ4v) is 1.49. The van der Waals surface area contributed by atoms with E-state index in [1.807, 2.05) is 6.92 Å². The Morgan fingerprint density at radius 3 is 2.72 bits per heavy atom. The lowest BCUT2D eigenvalue weighted by atomic mass is 10.1. The Morgan fingerprint density at radius 1 is 1.39 bits per heavy atom. The molecule has 1 aromatic carbocycles. The molecular formula is C12H17N3O3. The summed E-state index contributed by atoms with van der Waals surface area (Å²) in [4.78, 5) is 22.2. The number of nitrogens with two attached hydrogens (primary N) is 1. The Hall–Kier alpha value is -2.24. The van der Waals surface area contributed by atoms with Gasteiger partial charge in [0.05, 0.1) is 11.3 Å². The molecule has 18 heavy (non-hydrogen) atoms. The highest BCUT2D eigenvalue weighted by Crippen LogP contribution is 2.19. The second-order valence-corrected chi connectivity index (χ2v) is 3.74. The zero-order chi connectivity index (χ0) is 13.5. The van der Waals surface area contributed by atoms with Crippen LogP contribution in [0.25, 0.3) is 0 Å². The second-order valence-electron chi connectivity index (χ2n) is 3.74. The molecule has 5 N–H and O–H groups in total. The number of carboxylic acids is 1. The number of anilines is 2. The van der Waals surface area contributed by atoms with Crippen LogP contribution < -0.4 is 16.4 Å². The average molecular weight is 251 g/mol. The number of aromatic carboxylic acids is 1. The summed E-state index contributed by atoms with van der Waals surface area (Å²) in [6.45, 7) is 2.78. The third-order valence-electron chi connectivity index (χ3n) is 2.32. The van der Waals surface area contributed by atoms with E-state index >= 15 is 0 Å². The third-order valence-corrected chi connectivity index (χ3v) is 2.32. The van der Waals surface area contributed by atoms with E-state index in [1.54, 1.807) is 6.07 Å². The number of carbonyl (C=O) groups excluding carboxylic acids is 1. The van der Waals surface area contributed by atoms with E-state index in [1.165, 1.54) is 12.1 Å². The molecule has 6 nitrogen and oxygen atoms in total. The van der Waals surface area contributed by atoms with Gasteiger partial charge < -0.3 is 21.5 Å². The van der Waals surface area contributed by atoms with Crippen molar-refractivity contribution in [2.75, 3.05) is 24.1 Å². The predicted octanol–water partition coefficient (Wildman–Crippen LogP) is 0.905. The van der Waals surface area contributed by atoms with E-state index < -0.39 is 5.97 Å². The number of hydrogen-bond acceptors (Lipinski definition) is 4. The summed E-state index contributed by atoms with van der Waals surface area (Å²) in [7, 11) is 0. The Balaban J connectivity index is 2.63. The molecule has 0 aliphatic rings. The van der Waals surface area contributed by atoms with Gasteiger partial charge in [-0.15, -0.1) is 0 Å². The average Bonchev–Trinajstić information content (AvgIpc) is 2.29. The van der Waals surface area contributed by atoms with Gasteiger partial charge in [0.2, 0.25) is 5.91 Å². The van der Waals surface area contributed by atoms with Crippen molar-refractivity contribution in [1.29, 1.82) is 0 Å². The maximum absolute atomic E-state index is 11.2. The highest BCUT2D eigenvalue weighted by Gasteiger charge is 2.10. The summed E-state index contributed by atoms with van der Waals surface area (Å²) in [5, 5.41) is 14.6. The smallest absolute Gasteiger partial charge is 0.337 e. The van der Waals surface area contributed by atoms with E-state index in [0.717, 1.165) is 0 Å². The van der Waals surface area contributed by atoms with Gasteiger partial charge in [-0.2, -0.15) is 0 Å². The quantitative estimate of drug-likeness (QED) is 0.562. The van der Waals surface area contributed by atoms with Crippen LogP contribution in [0.2, 0.25) is 0 Å². The highest BCUT2D eigenvalue weighted by molar-refractivity contribution is 5.95. The first-order valence-corrected chi connectivity index (χ1v) is 5.68. The van der Waals surface area contributed by atoms with Crippen LogP contribution in [0.4, 0.5) is 11.4 Å². The third kappa shape index (κ3) is 3.97. The molecule has 98 valence electrons. The molecule has 0 aliphatic carbocycles. The van der Waals surface area contributed by atoms with Gasteiger partial charge in [-0.1, -0.05) is 0 Å². The zero-order valence-corrected chi connectivity index (χ0v) is 10.2. The first-order valence-electron chi connectivity index (χ1n) is 5.68. The minimum atomic E-state index is -1.03. The van der Waals surface area contributed by atoms with Gasteiger partial charge in [0, 0.05) is 25.2 Å². The van der Waals surface area contributed by atoms with Crippen molar-refractivity contribution in [1.82, 2.24) is 5.32 Å². The molecule has 0 bridgehead atoms. The number of rotatable bonds is 6. The van der Waals surface area contributed by atoms with Crippen LogP contribution in [0.15, 0.2) is 18.2 Å². The SMILES string of the molecule is CCNC(=O)CCNc1cc(N)ccc1C(=O)O. The van der Waals surface area contributed by atoms with Gasteiger partial charge in [-0.25, -0.2) is 4.79 Å². The number of amides is 1. The van der Waals surface area contributed by atoms with E-state index in [9.17, 15) is 9.59 Å². The van der Waals surface area contributed by atoms with E-state index in [2.05, 4.69) is 10.6 Å². The predicted molar refractivity (Wildman–Crippen MR) is 69.6 cm³/mol. The fourth-order valence-electron chi connectivity index (χ4n) is 1.49. The molecule has 0 unspecified atom stereocenters. The number of hydrogen-bond donors (Lipinski definition) is 4. The highest BCUT2D eigenvalue weighted by atomic mass is 16.4. The number of nitrogen functional groups attached to an aromatic ring is 1. The molecule has 0 aliphatic heterocycles. The fraction of sp³-hybridized carbons (Fsp3) is 0.333. The molecule has 1 aromatic rings. The van der Waals surface area contributed by atoms with Gasteiger partial charge in [0.1, 0.15) is 0 Å². The standard InChI is InChI=1S/C12H17N3O3/c1-2-14-11(16)5-6-15-10-7-8(13)3-4-9(10)12(17)18/h3-4,7,15H,2,5-6,13H2,1H3,(H,14,16)(H,17,18). The van der Waals surface area contributed by atoms with Gasteiger partial charge in [0.25, 0.3) is 0 Å². The van der Waals surface area contributed by atoms with Crippen molar-refractivity contribution in [3.63, 3.8) is 0 Å². The minimum Gasteiger partial charge on any atom is -0.478 e. The van der Waals surface area contributed by atoms with Gasteiger partial charge in [-0.3, -0.25) is 4.79 Å². The van der Waals surface area contributed by atoms with Crippen LogP contribution in [0.5, 0.6) is 0 Å². The van der Waals surface area contributed by atoms with Gasteiger partial charge >= 0.3 is 5.97 Å². The molecule has 0 atom stereocenters. The summed E-state index contributed by atoms with van der Waals surface area (Å²) in [6, 6.07) is 4.51. The van der Waals surface area contributed by atoms with Crippen molar-refractivity contribution in [2.24, 2.45) is 0 Å². The zero-order valence-electron chi connectivity index (χ0n) is 10.2. The number of benzene rings is 1. The Labute approximate surface area is 105 Å². The molecule has 0 radical (unpaired) electrons. The van der Waals surface area contributed by atoms with Crippen molar-refractivity contribution in [2.45, 2.75) is 13.3 Å². The maximum Gasteiger partial charge on any atom is 0.337 e. The van der Waals surface area contributed by atoms with Crippen molar-refractivity contribution in [3.8, 4) is 0 Å². The Morgan fingerprint density at radius 2 is 2.11 bits per heavy atom. The topological polar surface area (TPSA) is 104 Å². The monoisotopic (exact) mass is 251 g/mol. The van der Waals surface area contributed by atoms with Crippen LogP contribution in [0.3, 0.4) is 0 Å². The number of nitrogens with one attached hydrogen (secondary N) is 2. The lowest BCUT2D eigenvalue weighted by molar-refractivity contribution is -0.120. The molecule has 6 heteroatoms. The normalized spacial score (nSPS) is 9.83. The maximum atomic E-state index is 11.2. The lowest BCUT2D eigenvalue weighted by Gasteiger charge is -2.10. The molecule has 1 amide bonds. The summed E-state index contributed by atoms with van der Waals surface area (Å²) < 4.78 is 0. The molecule has 0 saturated heterocycles. The molecular weight excluding hydrogens is 234 g/mol. The minimum absolute atomic E-state index is 0.0780. The molecule has 0 saturated carbocycles. The largest absolute Gasteiger partial charge is 0.478 e. The van der Waals surface area contributed by atoms with Crippen LogP contribution in [0.1, 0.15) is 23.7 Å². The van der Waals surface area contributed by atoms with E-state index in [0.29, 0.717) is 24.5 Å². The molecule has 0 aromatic heterocycles. The summed E-state index contributed by atoms with van der Waals surface area (Å²) >= 11 is 0. The molecule has 0 heterocycles. The van der Waals surface area contributed by atoms with Crippen LogP contribution in [-0.4, -0.2) is 30.1 Å². The number of carboxylic acid groups (broad SMARTS) is 1. The summed E-state index contributed by atoms with van der Waals surface area (Å²) in [5.41, 5.74) is 6.63. The summed E-state index contributed by atoms with van der Waals surface area (Å²) in [6.07, 6.45) is 0.279. The Kier molecular flexibility index (Phi) is 4.98. The van der Waals surface area contributed by atoms with Crippen LogP contribution in [-0.2, 0) is 4.79 Å². The lowest BCUT2D eigenvalue weighted by Crippen LogP contribution is -2.25. The molecule has 0 spiro atoms. The van der Waals surface area contributed by atoms with E-state index in [-0.39, 0.29) is 17.9 Å². The first-order chi connectivity index (χ1) is 8.54.